The number of nitrogens with zero attached hydrogens (tertiary/aromatic N) is 1. The number of alkyl halides is 2. The van der Waals surface area contributed by atoms with E-state index < -0.39 is 10.7 Å². The van der Waals surface area contributed by atoms with Crippen molar-refractivity contribution in [1.82, 2.24) is 4.98 Å². The van der Waals surface area contributed by atoms with E-state index in [-0.39, 0.29) is 0 Å². The van der Waals surface area contributed by atoms with Crippen LogP contribution in [0.25, 0.3) is 11.3 Å². The van der Waals surface area contributed by atoms with Crippen molar-refractivity contribution < 1.29 is 9.53 Å². The molecule has 112 valence electrons. The summed E-state index contributed by atoms with van der Waals surface area (Å²) in [6, 6.07) is 7.65. The van der Waals surface area contributed by atoms with Gasteiger partial charge in [0.1, 0.15) is 5.75 Å². The van der Waals surface area contributed by atoms with Gasteiger partial charge in [-0.15, -0.1) is 11.3 Å². The molecule has 0 aliphatic carbocycles. The monoisotopic (exact) mass is 344 g/mol. The number of rotatable bonds is 6. The summed E-state index contributed by atoms with van der Waals surface area (Å²) in [5.41, 5.74) is 1.72. The first-order chi connectivity index (χ1) is 10.1. The summed E-state index contributed by atoms with van der Waals surface area (Å²) in [7, 11) is 0. The van der Waals surface area contributed by atoms with Crippen LogP contribution >= 0.6 is 34.5 Å². The minimum Gasteiger partial charge on any atom is -0.494 e. The average Bonchev–Trinajstić information content (AvgIpc) is 2.94. The van der Waals surface area contributed by atoms with Gasteiger partial charge in [-0.05, 0) is 30.7 Å². The van der Waals surface area contributed by atoms with Crippen molar-refractivity contribution in [2.75, 3.05) is 11.9 Å². The summed E-state index contributed by atoms with van der Waals surface area (Å²) in [5, 5.41) is 4.87. The van der Waals surface area contributed by atoms with E-state index in [1.165, 1.54) is 11.3 Å². The number of anilines is 1. The van der Waals surface area contributed by atoms with Gasteiger partial charge in [0.15, 0.2) is 9.97 Å². The molecule has 1 amide bonds. The lowest BCUT2D eigenvalue weighted by molar-refractivity contribution is -0.114. The molecule has 0 bridgehead atoms. The van der Waals surface area contributed by atoms with Crippen molar-refractivity contribution in [2.45, 2.75) is 18.2 Å². The standard InChI is InChI=1S/C14H14Cl2N2O2S/c1-2-7-20-10-5-3-9(4-6-10)11-8-21-14(17-11)18-13(19)12(15)16/h3-6,8,12H,2,7H2,1H3,(H,17,18,19). The highest BCUT2D eigenvalue weighted by atomic mass is 35.5. The number of thiazole rings is 1. The molecule has 0 spiro atoms. The van der Waals surface area contributed by atoms with E-state index in [1.807, 2.05) is 29.6 Å². The summed E-state index contributed by atoms with van der Waals surface area (Å²) in [6.45, 7) is 2.76. The third-order valence-corrected chi connectivity index (χ3v) is 3.71. The molecule has 1 aromatic carbocycles. The Morgan fingerprint density at radius 3 is 2.71 bits per heavy atom. The predicted octanol–water partition coefficient (Wildman–Crippen LogP) is 4.34. The Balaban J connectivity index is 2.05. The normalized spacial score (nSPS) is 10.7. The molecule has 0 atom stereocenters. The Labute approximate surface area is 137 Å². The van der Waals surface area contributed by atoms with Crippen molar-refractivity contribution in [2.24, 2.45) is 0 Å². The molecule has 0 saturated heterocycles. The summed E-state index contributed by atoms with van der Waals surface area (Å²) in [5.74, 6) is 0.346. The first kappa shape index (κ1) is 16.1. The van der Waals surface area contributed by atoms with Crippen molar-refractivity contribution in [3.05, 3.63) is 29.6 Å². The second kappa shape index (κ2) is 7.64. The van der Waals surface area contributed by atoms with Gasteiger partial charge in [0, 0.05) is 10.9 Å². The summed E-state index contributed by atoms with van der Waals surface area (Å²) < 4.78 is 5.53. The molecule has 0 saturated carbocycles. The molecule has 0 aliphatic rings. The van der Waals surface area contributed by atoms with E-state index in [9.17, 15) is 4.79 Å². The smallest absolute Gasteiger partial charge is 0.259 e. The molecule has 4 nitrogen and oxygen atoms in total. The van der Waals surface area contributed by atoms with E-state index in [1.54, 1.807) is 0 Å². The molecule has 21 heavy (non-hydrogen) atoms. The van der Waals surface area contributed by atoms with Gasteiger partial charge >= 0.3 is 0 Å². The number of carbonyl (C=O) groups excluding carboxylic acids is 1. The van der Waals surface area contributed by atoms with Gasteiger partial charge in [-0.1, -0.05) is 30.1 Å². The SMILES string of the molecule is CCCOc1ccc(-c2csc(NC(=O)C(Cl)Cl)n2)cc1. The van der Waals surface area contributed by atoms with Gasteiger partial charge < -0.3 is 4.74 Å². The third kappa shape index (κ3) is 4.59. The molecule has 2 aromatic rings. The lowest BCUT2D eigenvalue weighted by Gasteiger charge is -2.04. The van der Waals surface area contributed by atoms with Gasteiger partial charge in [-0.25, -0.2) is 4.98 Å². The fourth-order valence-corrected chi connectivity index (χ4v) is 2.40. The Morgan fingerprint density at radius 2 is 2.10 bits per heavy atom. The van der Waals surface area contributed by atoms with E-state index in [0.29, 0.717) is 11.7 Å². The number of nitrogens with one attached hydrogen (secondary N) is 1. The number of aromatic nitrogens is 1. The number of benzene rings is 1. The summed E-state index contributed by atoms with van der Waals surface area (Å²) >= 11 is 12.3. The predicted molar refractivity (Wildman–Crippen MR) is 87.5 cm³/mol. The van der Waals surface area contributed by atoms with Crippen LogP contribution < -0.4 is 10.1 Å². The van der Waals surface area contributed by atoms with Crippen molar-refractivity contribution in [1.29, 1.82) is 0 Å². The van der Waals surface area contributed by atoms with Crippen molar-refractivity contribution >= 4 is 45.6 Å². The zero-order valence-electron chi connectivity index (χ0n) is 11.3. The molecule has 7 heteroatoms. The highest BCUT2D eigenvalue weighted by Crippen LogP contribution is 2.26. The van der Waals surface area contributed by atoms with Crippen LogP contribution in [-0.2, 0) is 4.79 Å². The first-order valence-electron chi connectivity index (χ1n) is 6.38. The van der Waals surface area contributed by atoms with Crippen LogP contribution in [0.1, 0.15) is 13.3 Å². The van der Waals surface area contributed by atoms with E-state index in [4.69, 9.17) is 27.9 Å². The van der Waals surface area contributed by atoms with Crippen LogP contribution in [0, 0.1) is 0 Å². The minimum absolute atomic E-state index is 0.465. The van der Waals surface area contributed by atoms with Gasteiger partial charge in [-0.3, -0.25) is 10.1 Å². The number of halogens is 2. The number of carbonyl (C=O) groups is 1. The van der Waals surface area contributed by atoms with E-state index in [0.717, 1.165) is 23.4 Å². The minimum atomic E-state index is -1.10. The van der Waals surface area contributed by atoms with Crippen LogP contribution in [0.5, 0.6) is 5.75 Å². The maximum Gasteiger partial charge on any atom is 0.259 e. The fraction of sp³-hybridized carbons (Fsp3) is 0.286. The highest BCUT2D eigenvalue weighted by molar-refractivity contribution is 7.14. The quantitative estimate of drug-likeness (QED) is 0.793. The Morgan fingerprint density at radius 1 is 1.38 bits per heavy atom. The fourth-order valence-electron chi connectivity index (χ4n) is 1.57. The molecule has 1 heterocycles. The molecule has 0 aliphatic heterocycles. The number of hydrogen-bond donors (Lipinski definition) is 1. The lowest BCUT2D eigenvalue weighted by Crippen LogP contribution is -2.18. The maximum absolute atomic E-state index is 11.4. The molecule has 0 radical (unpaired) electrons. The van der Waals surface area contributed by atoms with Crippen LogP contribution in [0.2, 0.25) is 0 Å². The van der Waals surface area contributed by atoms with E-state index in [2.05, 4.69) is 17.2 Å². The average molecular weight is 345 g/mol. The van der Waals surface area contributed by atoms with Crippen LogP contribution in [0.4, 0.5) is 5.13 Å². The largest absolute Gasteiger partial charge is 0.494 e. The molecule has 1 N–H and O–H groups in total. The maximum atomic E-state index is 11.4. The van der Waals surface area contributed by atoms with Gasteiger partial charge in [-0.2, -0.15) is 0 Å². The molecular formula is C14H14Cl2N2O2S. The van der Waals surface area contributed by atoms with Crippen molar-refractivity contribution in [3.8, 4) is 17.0 Å². The molecular weight excluding hydrogens is 331 g/mol. The number of hydrogen-bond acceptors (Lipinski definition) is 4. The van der Waals surface area contributed by atoms with Gasteiger partial charge in [0.25, 0.3) is 5.91 Å². The Bertz CT molecular complexity index is 599. The summed E-state index contributed by atoms with van der Waals surface area (Å²) in [6.07, 6.45) is 0.971. The molecule has 0 unspecified atom stereocenters. The molecule has 0 fully saturated rings. The van der Waals surface area contributed by atoms with Crippen LogP contribution in [0.3, 0.4) is 0 Å². The topological polar surface area (TPSA) is 51.2 Å². The first-order valence-corrected chi connectivity index (χ1v) is 8.13. The second-order valence-electron chi connectivity index (χ2n) is 4.20. The third-order valence-electron chi connectivity index (χ3n) is 2.56. The zero-order chi connectivity index (χ0) is 15.2. The molecule has 2 rings (SSSR count). The zero-order valence-corrected chi connectivity index (χ0v) is 13.6. The van der Waals surface area contributed by atoms with Crippen LogP contribution in [0.15, 0.2) is 29.6 Å². The lowest BCUT2D eigenvalue weighted by atomic mass is 10.2. The van der Waals surface area contributed by atoms with Gasteiger partial charge in [0.05, 0.1) is 12.3 Å². The van der Waals surface area contributed by atoms with Crippen molar-refractivity contribution in [3.63, 3.8) is 0 Å². The highest BCUT2D eigenvalue weighted by Gasteiger charge is 2.13. The number of ether oxygens (including phenoxy) is 1. The summed E-state index contributed by atoms with van der Waals surface area (Å²) in [4.78, 5) is 14.6. The Kier molecular flexibility index (Phi) is 5.85. The second-order valence-corrected chi connectivity index (χ2v) is 6.16. The van der Waals surface area contributed by atoms with Gasteiger partial charge in [0.2, 0.25) is 0 Å². The number of amides is 1. The van der Waals surface area contributed by atoms with Crippen LogP contribution in [-0.4, -0.2) is 22.3 Å². The Hall–Kier alpha value is -1.30. The molecule has 1 aromatic heterocycles. The van der Waals surface area contributed by atoms with E-state index >= 15 is 0 Å².